The second-order valence-electron chi connectivity index (χ2n) is 7.63. The highest BCUT2D eigenvalue weighted by atomic mass is 16.5. The van der Waals surface area contributed by atoms with Gasteiger partial charge in [0.05, 0.1) is 26.7 Å². The summed E-state index contributed by atoms with van der Waals surface area (Å²) in [5, 5.41) is 3.00. The Morgan fingerprint density at radius 2 is 1.73 bits per heavy atom. The third-order valence-electron chi connectivity index (χ3n) is 5.64. The minimum absolute atomic E-state index is 0.0330. The second kappa shape index (κ2) is 11.0. The van der Waals surface area contributed by atoms with Crippen LogP contribution in [0.1, 0.15) is 30.0 Å². The Kier molecular flexibility index (Phi) is 8.11. The lowest BCUT2D eigenvalue weighted by Gasteiger charge is -2.39. The summed E-state index contributed by atoms with van der Waals surface area (Å²) in [5.41, 5.74) is 2.39. The minimum Gasteiger partial charge on any atom is -0.497 e. The highest BCUT2D eigenvalue weighted by Gasteiger charge is 2.32. The number of carbonyl (C=O) groups excluding carboxylic acids is 1. The lowest BCUT2D eigenvalue weighted by molar-refractivity contribution is -0.127. The van der Waals surface area contributed by atoms with E-state index in [0.29, 0.717) is 19.7 Å². The van der Waals surface area contributed by atoms with E-state index in [1.165, 1.54) is 5.56 Å². The summed E-state index contributed by atoms with van der Waals surface area (Å²) in [5.74, 6) is 1.61. The van der Waals surface area contributed by atoms with Crippen LogP contribution in [0.25, 0.3) is 0 Å². The van der Waals surface area contributed by atoms with Crippen LogP contribution in [-0.2, 0) is 16.1 Å². The van der Waals surface area contributed by atoms with Crippen LogP contribution >= 0.6 is 0 Å². The SMILES string of the molecule is COCCNC(=O)C1CCC(c2ccccc2)N(Cc2cc(OC)cc(OC)c2)C1. The Labute approximate surface area is 179 Å². The second-order valence-corrected chi connectivity index (χ2v) is 7.63. The van der Waals surface area contributed by atoms with Crippen molar-refractivity contribution in [3.63, 3.8) is 0 Å². The number of hydrogen-bond acceptors (Lipinski definition) is 5. The number of methoxy groups -OCH3 is 3. The fraction of sp³-hybridized carbons (Fsp3) is 0.458. The Bertz CT molecular complexity index is 790. The van der Waals surface area contributed by atoms with Gasteiger partial charge in [-0.2, -0.15) is 0 Å². The molecule has 1 heterocycles. The number of hydrogen-bond donors (Lipinski definition) is 1. The predicted octanol–water partition coefficient (Wildman–Crippen LogP) is 3.42. The van der Waals surface area contributed by atoms with Crippen molar-refractivity contribution >= 4 is 5.91 Å². The molecular formula is C24H32N2O4. The van der Waals surface area contributed by atoms with Crippen molar-refractivity contribution in [2.45, 2.75) is 25.4 Å². The molecule has 1 fully saturated rings. The van der Waals surface area contributed by atoms with Crippen molar-refractivity contribution in [2.75, 3.05) is 41.0 Å². The van der Waals surface area contributed by atoms with E-state index in [4.69, 9.17) is 14.2 Å². The third-order valence-corrected chi connectivity index (χ3v) is 5.64. The van der Waals surface area contributed by atoms with E-state index in [-0.39, 0.29) is 17.9 Å². The third kappa shape index (κ3) is 5.74. The van der Waals surface area contributed by atoms with E-state index in [2.05, 4.69) is 34.5 Å². The number of carbonyl (C=O) groups is 1. The summed E-state index contributed by atoms with van der Waals surface area (Å²) in [6.45, 7) is 2.49. The van der Waals surface area contributed by atoms with Crippen LogP contribution in [0.4, 0.5) is 0 Å². The first kappa shape index (κ1) is 22.1. The smallest absolute Gasteiger partial charge is 0.224 e. The molecular weight excluding hydrogens is 380 g/mol. The molecule has 1 aliphatic heterocycles. The van der Waals surface area contributed by atoms with Gasteiger partial charge < -0.3 is 19.5 Å². The van der Waals surface area contributed by atoms with E-state index in [1.807, 2.05) is 24.3 Å². The molecule has 1 saturated heterocycles. The average molecular weight is 413 g/mol. The molecule has 0 spiro atoms. The van der Waals surface area contributed by atoms with Gasteiger partial charge >= 0.3 is 0 Å². The van der Waals surface area contributed by atoms with Gasteiger partial charge in [0.2, 0.25) is 5.91 Å². The molecule has 1 aliphatic rings. The fourth-order valence-corrected chi connectivity index (χ4v) is 4.10. The number of nitrogens with one attached hydrogen (secondary N) is 1. The maximum absolute atomic E-state index is 12.7. The summed E-state index contributed by atoms with van der Waals surface area (Å²) in [6, 6.07) is 16.7. The molecule has 6 nitrogen and oxygen atoms in total. The van der Waals surface area contributed by atoms with Crippen LogP contribution in [0.5, 0.6) is 11.5 Å². The molecule has 0 saturated carbocycles. The largest absolute Gasteiger partial charge is 0.497 e. The highest BCUT2D eigenvalue weighted by Crippen LogP contribution is 2.35. The average Bonchev–Trinajstić information content (AvgIpc) is 2.79. The molecule has 3 rings (SSSR count). The van der Waals surface area contributed by atoms with Crippen LogP contribution in [-0.4, -0.2) is 51.8 Å². The van der Waals surface area contributed by atoms with E-state index < -0.39 is 0 Å². The van der Waals surface area contributed by atoms with E-state index >= 15 is 0 Å². The Balaban J connectivity index is 1.80. The van der Waals surface area contributed by atoms with E-state index in [9.17, 15) is 4.79 Å². The van der Waals surface area contributed by atoms with E-state index in [0.717, 1.165) is 36.4 Å². The Morgan fingerprint density at radius 1 is 1.03 bits per heavy atom. The molecule has 2 atom stereocenters. The molecule has 162 valence electrons. The Morgan fingerprint density at radius 3 is 2.37 bits per heavy atom. The number of piperidine rings is 1. The van der Waals surface area contributed by atoms with Gasteiger partial charge in [-0.15, -0.1) is 0 Å². The molecule has 1 N–H and O–H groups in total. The quantitative estimate of drug-likeness (QED) is 0.640. The molecule has 2 aromatic carbocycles. The van der Waals surface area contributed by atoms with E-state index in [1.54, 1.807) is 21.3 Å². The summed E-state index contributed by atoms with van der Waals surface area (Å²) in [6.07, 6.45) is 1.81. The van der Waals surface area contributed by atoms with Crippen molar-refractivity contribution in [1.29, 1.82) is 0 Å². The molecule has 2 unspecified atom stereocenters. The lowest BCUT2D eigenvalue weighted by atomic mass is 9.88. The van der Waals surface area contributed by atoms with Gasteiger partial charge in [0.1, 0.15) is 11.5 Å². The summed E-state index contributed by atoms with van der Waals surface area (Å²) >= 11 is 0. The van der Waals surface area contributed by atoms with Crippen molar-refractivity contribution in [1.82, 2.24) is 10.2 Å². The predicted molar refractivity (Wildman–Crippen MR) is 117 cm³/mol. The summed E-state index contributed by atoms with van der Waals surface area (Å²) in [4.78, 5) is 15.1. The van der Waals surface area contributed by atoms with Gasteiger partial charge in [-0.05, 0) is 36.1 Å². The zero-order chi connectivity index (χ0) is 21.3. The van der Waals surface area contributed by atoms with Crippen LogP contribution in [0.15, 0.2) is 48.5 Å². The Hall–Kier alpha value is -2.57. The van der Waals surface area contributed by atoms with Crippen molar-refractivity contribution in [2.24, 2.45) is 5.92 Å². The zero-order valence-corrected chi connectivity index (χ0v) is 18.1. The first-order chi connectivity index (χ1) is 14.6. The minimum atomic E-state index is -0.0330. The first-order valence-electron chi connectivity index (χ1n) is 10.4. The summed E-state index contributed by atoms with van der Waals surface area (Å²) in [7, 11) is 4.96. The molecule has 0 radical (unpaired) electrons. The van der Waals surface area contributed by atoms with Crippen molar-refractivity contribution in [3.8, 4) is 11.5 Å². The number of ether oxygens (including phenoxy) is 3. The number of amides is 1. The maximum atomic E-state index is 12.7. The highest BCUT2D eigenvalue weighted by molar-refractivity contribution is 5.79. The lowest BCUT2D eigenvalue weighted by Crippen LogP contribution is -2.44. The molecule has 0 aromatic heterocycles. The van der Waals surface area contributed by atoms with Gasteiger partial charge in [-0.25, -0.2) is 0 Å². The molecule has 0 aliphatic carbocycles. The van der Waals surface area contributed by atoms with Crippen molar-refractivity contribution < 1.29 is 19.0 Å². The molecule has 0 bridgehead atoms. The van der Waals surface area contributed by atoms with Gasteiger partial charge in [-0.1, -0.05) is 30.3 Å². The number of benzene rings is 2. The van der Waals surface area contributed by atoms with Crippen LogP contribution in [0.3, 0.4) is 0 Å². The number of nitrogens with zero attached hydrogens (tertiary/aromatic N) is 1. The fourth-order valence-electron chi connectivity index (χ4n) is 4.10. The maximum Gasteiger partial charge on any atom is 0.224 e. The van der Waals surface area contributed by atoms with Crippen molar-refractivity contribution in [3.05, 3.63) is 59.7 Å². The molecule has 30 heavy (non-hydrogen) atoms. The molecule has 2 aromatic rings. The van der Waals surface area contributed by atoms with Crippen LogP contribution in [0.2, 0.25) is 0 Å². The normalized spacial score (nSPS) is 19.3. The van der Waals surface area contributed by atoms with Gasteiger partial charge in [0.15, 0.2) is 0 Å². The van der Waals surface area contributed by atoms with Crippen LogP contribution < -0.4 is 14.8 Å². The topological polar surface area (TPSA) is 60.0 Å². The molecule has 1 amide bonds. The van der Waals surface area contributed by atoms with Gasteiger partial charge in [0, 0.05) is 38.9 Å². The number of rotatable bonds is 9. The molecule has 6 heteroatoms. The monoisotopic (exact) mass is 412 g/mol. The number of likely N-dealkylation sites (tertiary alicyclic amines) is 1. The first-order valence-corrected chi connectivity index (χ1v) is 10.4. The standard InChI is InChI=1S/C24H32N2O4/c1-28-12-11-25-24(27)20-9-10-23(19-7-5-4-6-8-19)26(17-20)16-18-13-21(29-2)15-22(14-18)30-3/h4-8,13-15,20,23H,9-12,16-17H2,1-3H3,(H,25,27). The van der Waals surface area contributed by atoms with Crippen LogP contribution in [0, 0.1) is 5.92 Å². The van der Waals surface area contributed by atoms with Gasteiger partial charge in [0.25, 0.3) is 0 Å². The van der Waals surface area contributed by atoms with Gasteiger partial charge in [-0.3, -0.25) is 9.69 Å². The summed E-state index contributed by atoms with van der Waals surface area (Å²) < 4.78 is 15.9. The zero-order valence-electron chi connectivity index (χ0n) is 18.1.